The molecule has 0 aliphatic heterocycles. The maximum absolute atomic E-state index is 12.1. The summed E-state index contributed by atoms with van der Waals surface area (Å²) in [5.41, 5.74) is -0.332. The maximum atomic E-state index is 12.1. The van der Waals surface area contributed by atoms with Crippen molar-refractivity contribution >= 4 is 39.0 Å². The lowest BCUT2D eigenvalue weighted by Crippen LogP contribution is -2.17. The topological polar surface area (TPSA) is 91.7 Å². The molecule has 19 heavy (non-hydrogen) atoms. The summed E-state index contributed by atoms with van der Waals surface area (Å²) in [6.45, 7) is 1.26. The lowest BCUT2D eigenvalue weighted by atomic mass is 10.2. The Morgan fingerprint density at radius 3 is 2.37 bits per heavy atom. The van der Waals surface area contributed by atoms with Gasteiger partial charge in [-0.25, -0.2) is 13.2 Å². The van der Waals surface area contributed by atoms with Crippen LogP contribution in [0.3, 0.4) is 0 Å². The fourth-order valence-electron chi connectivity index (χ4n) is 1.45. The van der Waals surface area contributed by atoms with Gasteiger partial charge in [0.15, 0.2) is 9.84 Å². The molecule has 8 heteroatoms. The third-order valence-corrected chi connectivity index (χ3v) is 5.16. The molecular formula is C11H12Cl2O5S. The van der Waals surface area contributed by atoms with Gasteiger partial charge in [0.05, 0.1) is 26.3 Å². The SMILES string of the molecule is CC(CO)CS(=O)(=O)c1cc(C(=O)O)c(Cl)cc1Cl. The first-order valence-electron chi connectivity index (χ1n) is 5.25. The summed E-state index contributed by atoms with van der Waals surface area (Å²) in [4.78, 5) is 10.6. The molecule has 0 aromatic heterocycles. The molecule has 0 aliphatic rings. The lowest BCUT2D eigenvalue weighted by molar-refractivity contribution is 0.0697. The van der Waals surface area contributed by atoms with Gasteiger partial charge >= 0.3 is 5.97 Å². The number of aromatic carboxylic acids is 1. The minimum atomic E-state index is -3.79. The summed E-state index contributed by atoms with van der Waals surface area (Å²) >= 11 is 11.5. The third-order valence-electron chi connectivity index (χ3n) is 2.40. The van der Waals surface area contributed by atoms with Gasteiger partial charge in [0.1, 0.15) is 0 Å². The monoisotopic (exact) mass is 326 g/mol. The quantitative estimate of drug-likeness (QED) is 0.864. The van der Waals surface area contributed by atoms with E-state index in [0.717, 1.165) is 12.1 Å². The van der Waals surface area contributed by atoms with Gasteiger partial charge in [0.2, 0.25) is 0 Å². The van der Waals surface area contributed by atoms with Crippen molar-refractivity contribution in [3.8, 4) is 0 Å². The third kappa shape index (κ3) is 3.82. The van der Waals surface area contributed by atoms with E-state index in [2.05, 4.69) is 0 Å². The van der Waals surface area contributed by atoms with E-state index < -0.39 is 21.7 Å². The Morgan fingerprint density at radius 1 is 1.32 bits per heavy atom. The molecule has 1 unspecified atom stereocenters. The van der Waals surface area contributed by atoms with Gasteiger partial charge in [0.25, 0.3) is 0 Å². The number of rotatable bonds is 5. The van der Waals surface area contributed by atoms with Crippen LogP contribution in [0.15, 0.2) is 17.0 Å². The minimum absolute atomic E-state index is 0.133. The fourth-order valence-corrected chi connectivity index (χ4v) is 3.95. The van der Waals surface area contributed by atoms with Crippen LogP contribution >= 0.6 is 23.2 Å². The van der Waals surface area contributed by atoms with Gasteiger partial charge in [-0.05, 0) is 18.1 Å². The van der Waals surface area contributed by atoms with E-state index in [1.54, 1.807) is 6.92 Å². The number of benzene rings is 1. The highest BCUT2D eigenvalue weighted by Crippen LogP contribution is 2.30. The molecule has 1 rings (SSSR count). The molecule has 1 atom stereocenters. The van der Waals surface area contributed by atoms with Crippen molar-refractivity contribution in [2.24, 2.45) is 5.92 Å². The van der Waals surface area contributed by atoms with Gasteiger partial charge in [-0.3, -0.25) is 0 Å². The van der Waals surface area contributed by atoms with E-state index in [0.29, 0.717) is 0 Å². The zero-order valence-corrected chi connectivity index (χ0v) is 12.3. The van der Waals surface area contributed by atoms with E-state index in [1.807, 2.05) is 0 Å². The number of hydrogen-bond acceptors (Lipinski definition) is 4. The van der Waals surface area contributed by atoms with Crippen molar-refractivity contribution in [1.29, 1.82) is 0 Å². The average molecular weight is 327 g/mol. The molecule has 2 N–H and O–H groups in total. The van der Waals surface area contributed by atoms with Crippen LogP contribution in [-0.4, -0.2) is 37.0 Å². The molecule has 0 fully saturated rings. The molecule has 5 nitrogen and oxygen atoms in total. The number of carbonyl (C=O) groups is 1. The number of halogens is 2. The molecule has 0 amide bonds. The predicted molar refractivity (Wildman–Crippen MR) is 71.7 cm³/mol. The second-order valence-electron chi connectivity index (χ2n) is 4.14. The summed E-state index contributed by atoms with van der Waals surface area (Å²) < 4.78 is 24.2. The molecule has 106 valence electrons. The van der Waals surface area contributed by atoms with E-state index in [9.17, 15) is 13.2 Å². The van der Waals surface area contributed by atoms with Crippen LogP contribution in [-0.2, 0) is 9.84 Å². The molecular weight excluding hydrogens is 315 g/mol. The number of aliphatic hydroxyl groups is 1. The second-order valence-corrected chi connectivity index (χ2v) is 6.95. The van der Waals surface area contributed by atoms with Crippen LogP contribution in [0.1, 0.15) is 17.3 Å². The van der Waals surface area contributed by atoms with Crippen molar-refractivity contribution in [3.63, 3.8) is 0 Å². The van der Waals surface area contributed by atoms with Crippen molar-refractivity contribution in [3.05, 3.63) is 27.7 Å². The fraction of sp³-hybridized carbons (Fsp3) is 0.364. The summed E-state index contributed by atoms with van der Waals surface area (Å²) in [6, 6.07) is 2.02. The largest absolute Gasteiger partial charge is 0.478 e. The molecule has 1 aromatic rings. The van der Waals surface area contributed by atoms with Gasteiger partial charge < -0.3 is 10.2 Å². The van der Waals surface area contributed by atoms with Crippen LogP contribution in [0.25, 0.3) is 0 Å². The standard InChI is InChI=1S/C11H12Cl2O5S/c1-6(4-14)5-19(17,18)10-2-7(11(15)16)8(12)3-9(10)13/h2-3,6,14H,4-5H2,1H3,(H,15,16). The second kappa shape index (κ2) is 6.09. The van der Waals surface area contributed by atoms with Crippen molar-refractivity contribution in [2.75, 3.05) is 12.4 Å². The molecule has 0 spiro atoms. The van der Waals surface area contributed by atoms with E-state index in [1.165, 1.54) is 0 Å². The average Bonchev–Trinajstić information content (AvgIpc) is 2.27. The maximum Gasteiger partial charge on any atom is 0.337 e. The minimum Gasteiger partial charge on any atom is -0.478 e. The molecule has 1 aromatic carbocycles. The first kappa shape index (κ1) is 16.2. The molecule has 0 heterocycles. The predicted octanol–water partition coefficient (Wildman–Crippen LogP) is 2.09. The molecule has 0 saturated carbocycles. The van der Waals surface area contributed by atoms with Crippen molar-refractivity contribution < 1.29 is 23.4 Å². The van der Waals surface area contributed by atoms with Crippen LogP contribution < -0.4 is 0 Å². The summed E-state index contributed by atoms with van der Waals surface area (Å²) in [6.07, 6.45) is 0. The molecule has 0 bridgehead atoms. The molecule has 0 saturated heterocycles. The Kier molecular flexibility index (Phi) is 5.20. The molecule has 0 aliphatic carbocycles. The Balaban J connectivity index is 3.34. The molecule has 0 radical (unpaired) electrons. The summed E-state index contributed by atoms with van der Waals surface area (Å²) in [5, 5.41) is 17.5. The normalized spacial score (nSPS) is 13.3. The number of aliphatic hydroxyl groups excluding tert-OH is 1. The highest BCUT2D eigenvalue weighted by atomic mass is 35.5. The van der Waals surface area contributed by atoms with Gasteiger partial charge in [-0.2, -0.15) is 0 Å². The first-order chi connectivity index (χ1) is 8.69. The van der Waals surface area contributed by atoms with Crippen LogP contribution in [0, 0.1) is 5.92 Å². The smallest absolute Gasteiger partial charge is 0.337 e. The number of sulfone groups is 1. The van der Waals surface area contributed by atoms with E-state index in [4.69, 9.17) is 33.4 Å². The van der Waals surface area contributed by atoms with Gasteiger partial charge in [0, 0.05) is 6.61 Å². The summed E-state index contributed by atoms with van der Waals surface area (Å²) in [7, 11) is -3.79. The van der Waals surface area contributed by atoms with Crippen LogP contribution in [0.2, 0.25) is 10.0 Å². The summed E-state index contributed by atoms with van der Waals surface area (Å²) in [5.74, 6) is -2.15. The van der Waals surface area contributed by atoms with E-state index >= 15 is 0 Å². The number of hydrogen-bond donors (Lipinski definition) is 2. The van der Waals surface area contributed by atoms with Gasteiger partial charge in [-0.15, -0.1) is 0 Å². The van der Waals surface area contributed by atoms with Crippen LogP contribution in [0.5, 0.6) is 0 Å². The van der Waals surface area contributed by atoms with Crippen molar-refractivity contribution in [2.45, 2.75) is 11.8 Å². The van der Waals surface area contributed by atoms with Crippen LogP contribution in [0.4, 0.5) is 0 Å². The highest BCUT2D eigenvalue weighted by Gasteiger charge is 2.24. The highest BCUT2D eigenvalue weighted by molar-refractivity contribution is 7.91. The number of carboxylic acid groups (broad SMARTS) is 1. The Bertz CT molecular complexity index is 597. The Morgan fingerprint density at radius 2 is 1.89 bits per heavy atom. The van der Waals surface area contributed by atoms with E-state index in [-0.39, 0.29) is 32.9 Å². The Hall–Kier alpha value is -0.820. The number of carboxylic acids is 1. The van der Waals surface area contributed by atoms with Gasteiger partial charge in [-0.1, -0.05) is 30.1 Å². The first-order valence-corrected chi connectivity index (χ1v) is 7.65. The Labute approximate surface area is 120 Å². The van der Waals surface area contributed by atoms with Crippen molar-refractivity contribution in [1.82, 2.24) is 0 Å². The zero-order chi connectivity index (χ0) is 14.8. The lowest BCUT2D eigenvalue weighted by Gasteiger charge is -2.11. The zero-order valence-electron chi connectivity index (χ0n) is 9.93.